The van der Waals surface area contributed by atoms with Crippen molar-refractivity contribution >= 4 is 46.9 Å². The zero-order chi connectivity index (χ0) is 35.5. The first kappa shape index (κ1) is 35.5. The lowest BCUT2D eigenvalue weighted by molar-refractivity contribution is -0.116. The van der Waals surface area contributed by atoms with E-state index in [0.717, 1.165) is 33.7 Å². The Morgan fingerprint density at radius 2 is 1.48 bits per heavy atom. The van der Waals surface area contributed by atoms with Crippen molar-refractivity contribution < 1.29 is 23.9 Å². The lowest BCUT2D eigenvalue weighted by Crippen LogP contribution is -2.30. The number of methoxy groups -OCH3 is 2. The summed E-state index contributed by atoms with van der Waals surface area (Å²) in [6.45, 7) is 4.05. The van der Waals surface area contributed by atoms with Gasteiger partial charge in [-0.3, -0.25) is 14.4 Å². The molecule has 0 radical (unpaired) electrons. The van der Waals surface area contributed by atoms with Crippen molar-refractivity contribution in [3.05, 3.63) is 155 Å². The fourth-order valence-corrected chi connectivity index (χ4v) is 6.48. The highest BCUT2D eigenvalue weighted by atomic mass is 32.2. The van der Waals surface area contributed by atoms with Gasteiger partial charge in [-0.15, -0.1) is 11.8 Å². The molecular formula is C41H39N3O5S. The van der Waals surface area contributed by atoms with Crippen LogP contribution in [0.25, 0.3) is 6.08 Å². The Hall–Kier alpha value is -5.80. The molecule has 50 heavy (non-hydrogen) atoms. The highest BCUT2D eigenvalue weighted by Crippen LogP contribution is 2.38. The van der Waals surface area contributed by atoms with Gasteiger partial charge in [0.05, 0.1) is 14.2 Å². The Labute approximate surface area is 296 Å². The van der Waals surface area contributed by atoms with Crippen molar-refractivity contribution in [2.24, 2.45) is 0 Å². The zero-order valence-corrected chi connectivity index (χ0v) is 29.2. The molecule has 1 atom stereocenters. The van der Waals surface area contributed by atoms with Crippen molar-refractivity contribution in [2.75, 3.05) is 24.9 Å². The maximum Gasteiger partial charge on any atom is 0.272 e. The predicted molar refractivity (Wildman–Crippen MR) is 201 cm³/mol. The third kappa shape index (κ3) is 8.80. The van der Waals surface area contributed by atoms with E-state index >= 15 is 0 Å². The van der Waals surface area contributed by atoms with E-state index in [-0.39, 0.29) is 11.6 Å². The van der Waals surface area contributed by atoms with Crippen LogP contribution in [0.1, 0.15) is 44.8 Å². The van der Waals surface area contributed by atoms with E-state index in [1.54, 1.807) is 60.7 Å². The number of ether oxygens (including phenoxy) is 2. The number of rotatable bonds is 13. The molecule has 0 heterocycles. The van der Waals surface area contributed by atoms with Crippen LogP contribution < -0.4 is 25.4 Å². The van der Waals surface area contributed by atoms with Gasteiger partial charge in [-0.05, 0) is 72.5 Å². The fraction of sp³-hybridized carbons (Fsp3) is 0.146. The highest BCUT2D eigenvalue weighted by molar-refractivity contribution is 8.00. The first-order valence-electron chi connectivity index (χ1n) is 16.1. The second-order valence-electron chi connectivity index (χ2n) is 11.3. The number of para-hydroxylation sites is 2. The van der Waals surface area contributed by atoms with Gasteiger partial charge in [0.25, 0.3) is 11.8 Å². The van der Waals surface area contributed by atoms with Gasteiger partial charge in [0, 0.05) is 27.4 Å². The SMILES string of the molecule is CCc1cccc(C)c1NC(=O)C(Sc1cccc(NC(=O)/C(=C\c2cccc(OC)c2OC)NC(=O)c2ccccc2)c1)c1ccccc1. The van der Waals surface area contributed by atoms with Crippen LogP contribution in [0, 0.1) is 6.92 Å². The number of thioether (sulfide) groups is 1. The zero-order valence-electron chi connectivity index (χ0n) is 28.4. The summed E-state index contributed by atoms with van der Waals surface area (Å²) in [5, 5.41) is 8.30. The van der Waals surface area contributed by atoms with Gasteiger partial charge >= 0.3 is 0 Å². The molecule has 5 aromatic rings. The molecule has 0 aliphatic heterocycles. The van der Waals surface area contributed by atoms with Crippen LogP contribution in [0.4, 0.5) is 11.4 Å². The number of benzene rings is 5. The van der Waals surface area contributed by atoms with E-state index < -0.39 is 17.1 Å². The number of anilines is 2. The Kier molecular flexibility index (Phi) is 12.1. The van der Waals surface area contributed by atoms with Crippen LogP contribution in [0.5, 0.6) is 11.5 Å². The molecule has 0 fully saturated rings. The molecule has 0 aromatic heterocycles. The predicted octanol–water partition coefficient (Wildman–Crippen LogP) is 8.46. The Morgan fingerprint density at radius 1 is 0.780 bits per heavy atom. The minimum Gasteiger partial charge on any atom is -0.493 e. The first-order chi connectivity index (χ1) is 24.3. The average molecular weight is 686 g/mol. The number of carbonyl (C=O) groups is 3. The molecule has 3 amide bonds. The van der Waals surface area contributed by atoms with Crippen LogP contribution in [0.3, 0.4) is 0 Å². The van der Waals surface area contributed by atoms with E-state index in [9.17, 15) is 14.4 Å². The van der Waals surface area contributed by atoms with Crippen molar-refractivity contribution in [3.8, 4) is 11.5 Å². The number of nitrogens with one attached hydrogen (secondary N) is 3. The summed E-state index contributed by atoms with van der Waals surface area (Å²) in [7, 11) is 3.03. The number of carbonyl (C=O) groups excluding carboxylic acids is 3. The van der Waals surface area contributed by atoms with Crippen molar-refractivity contribution in [1.29, 1.82) is 0 Å². The molecule has 5 aromatic carbocycles. The molecule has 8 nitrogen and oxygen atoms in total. The summed E-state index contributed by atoms with van der Waals surface area (Å²) >= 11 is 1.38. The summed E-state index contributed by atoms with van der Waals surface area (Å²) in [5.74, 6) is -0.263. The minimum absolute atomic E-state index is 0.00467. The van der Waals surface area contributed by atoms with E-state index in [4.69, 9.17) is 9.47 Å². The van der Waals surface area contributed by atoms with Gasteiger partial charge in [0.2, 0.25) is 5.91 Å². The third-order valence-electron chi connectivity index (χ3n) is 7.94. The van der Waals surface area contributed by atoms with Gasteiger partial charge in [0.1, 0.15) is 10.9 Å². The van der Waals surface area contributed by atoms with Gasteiger partial charge < -0.3 is 25.4 Å². The highest BCUT2D eigenvalue weighted by Gasteiger charge is 2.24. The van der Waals surface area contributed by atoms with Crippen LogP contribution in [-0.2, 0) is 16.0 Å². The number of hydrogen-bond acceptors (Lipinski definition) is 6. The first-order valence-corrected chi connectivity index (χ1v) is 17.0. The standard InChI is InChI=1S/C41H39N3O5S/c1-5-28-20-12-15-27(2)36(28)44-41(47)38(29-16-8-6-9-17-29)50-33-23-14-22-32(26-33)42-40(46)34(43-39(45)30-18-10-7-11-19-30)25-31-21-13-24-35(48-3)37(31)49-4/h6-26,38H,5H2,1-4H3,(H,42,46)(H,43,45)(H,44,47)/b34-25+. The van der Waals surface area contributed by atoms with Crippen LogP contribution in [-0.4, -0.2) is 31.9 Å². The summed E-state index contributed by atoms with van der Waals surface area (Å²) < 4.78 is 11.0. The Balaban J connectivity index is 1.43. The van der Waals surface area contributed by atoms with Crippen LogP contribution >= 0.6 is 11.8 Å². The van der Waals surface area contributed by atoms with E-state index in [0.29, 0.717) is 28.3 Å². The van der Waals surface area contributed by atoms with E-state index in [1.807, 2.05) is 73.7 Å². The summed E-state index contributed by atoms with van der Waals surface area (Å²) in [6, 6.07) is 36.8. The number of aryl methyl sites for hydroxylation is 2. The summed E-state index contributed by atoms with van der Waals surface area (Å²) in [5.41, 5.74) is 5.13. The Morgan fingerprint density at radius 3 is 2.18 bits per heavy atom. The maximum atomic E-state index is 13.9. The second kappa shape index (κ2) is 17.0. The molecule has 1 unspecified atom stereocenters. The largest absolute Gasteiger partial charge is 0.493 e. The Bertz CT molecular complexity index is 2000. The normalized spacial score (nSPS) is 11.6. The lowest BCUT2D eigenvalue weighted by Gasteiger charge is -2.20. The molecule has 5 rings (SSSR count). The van der Waals surface area contributed by atoms with Crippen molar-refractivity contribution in [3.63, 3.8) is 0 Å². The smallest absolute Gasteiger partial charge is 0.272 e. The molecule has 3 N–H and O–H groups in total. The molecule has 9 heteroatoms. The van der Waals surface area contributed by atoms with Crippen molar-refractivity contribution in [2.45, 2.75) is 30.4 Å². The van der Waals surface area contributed by atoms with E-state index in [1.165, 1.54) is 26.0 Å². The molecule has 0 spiro atoms. The van der Waals surface area contributed by atoms with Crippen LogP contribution in [0.15, 0.2) is 132 Å². The monoisotopic (exact) mass is 685 g/mol. The topological polar surface area (TPSA) is 106 Å². The van der Waals surface area contributed by atoms with Gasteiger partial charge in [-0.25, -0.2) is 0 Å². The minimum atomic E-state index is -0.576. The fourth-order valence-electron chi connectivity index (χ4n) is 5.40. The second-order valence-corrected chi connectivity index (χ2v) is 12.5. The van der Waals surface area contributed by atoms with E-state index in [2.05, 4.69) is 22.9 Å². The molecule has 254 valence electrons. The molecule has 0 aliphatic carbocycles. The molecule has 0 saturated carbocycles. The number of amides is 3. The molecule has 0 aliphatic rings. The maximum absolute atomic E-state index is 13.9. The van der Waals surface area contributed by atoms with Crippen molar-refractivity contribution in [1.82, 2.24) is 5.32 Å². The third-order valence-corrected chi connectivity index (χ3v) is 9.18. The molecule has 0 bridgehead atoms. The van der Waals surface area contributed by atoms with Gasteiger partial charge in [-0.2, -0.15) is 0 Å². The molecular weight excluding hydrogens is 647 g/mol. The summed E-state index contributed by atoms with van der Waals surface area (Å²) in [6.07, 6.45) is 2.33. The van der Waals surface area contributed by atoms with Gasteiger partial charge in [-0.1, -0.05) is 91.9 Å². The summed E-state index contributed by atoms with van der Waals surface area (Å²) in [4.78, 5) is 41.8. The number of hydrogen-bond donors (Lipinski definition) is 3. The quantitative estimate of drug-likeness (QED) is 0.0849. The van der Waals surface area contributed by atoms with Gasteiger partial charge in [0.15, 0.2) is 11.5 Å². The lowest BCUT2D eigenvalue weighted by atomic mass is 10.1. The van der Waals surface area contributed by atoms with Crippen LogP contribution in [0.2, 0.25) is 0 Å². The average Bonchev–Trinajstić information content (AvgIpc) is 3.14. The molecule has 0 saturated heterocycles.